The second-order valence-electron chi connectivity index (χ2n) is 5.12. The maximum atomic E-state index is 9.90. The van der Waals surface area contributed by atoms with Crippen molar-refractivity contribution in [3.8, 4) is 5.75 Å². The van der Waals surface area contributed by atoms with Gasteiger partial charge in [0.2, 0.25) is 5.89 Å². The first kappa shape index (κ1) is 13.9. The van der Waals surface area contributed by atoms with Crippen LogP contribution in [0.25, 0.3) is 10.8 Å². The smallest absolute Gasteiger partial charge is 0.237 e. The molecule has 1 aromatic heterocycles. The monoisotopic (exact) mass is 300 g/mol. The van der Waals surface area contributed by atoms with Crippen molar-refractivity contribution in [2.24, 2.45) is 0 Å². The minimum Gasteiger partial charge on any atom is -0.507 e. The molecule has 5 heteroatoms. The quantitative estimate of drug-likeness (QED) is 0.726. The molecule has 1 heterocycles. The van der Waals surface area contributed by atoms with Crippen molar-refractivity contribution < 1.29 is 9.63 Å². The van der Waals surface area contributed by atoms with E-state index in [2.05, 4.69) is 10.1 Å². The normalized spacial score (nSPS) is 11.4. The summed E-state index contributed by atoms with van der Waals surface area (Å²) in [5.74, 6) is 2.55. The van der Waals surface area contributed by atoms with E-state index in [1.54, 1.807) is 17.8 Å². The summed E-state index contributed by atoms with van der Waals surface area (Å²) < 4.78 is 5.25. The van der Waals surface area contributed by atoms with E-state index in [-0.39, 0.29) is 5.92 Å². The zero-order valence-corrected chi connectivity index (χ0v) is 12.7. The van der Waals surface area contributed by atoms with Gasteiger partial charge in [0.25, 0.3) is 0 Å². The third-order valence-corrected chi connectivity index (χ3v) is 4.27. The van der Waals surface area contributed by atoms with Crippen LogP contribution in [0.15, 0.2) is 45.8 Å². The predicted octanol–water partition coefficient (Wildman–Crippen LogP) is 4.34. The summed E-state index contributed by atoms with van der Waals surface area (Å²) in [7, 11) is 0. The molecule has 0 amide bonds. The van der Waals surface area contributed by atoms with Crippen molar-refractivity contribution in [3.63, 3.8) is 0 Å². The Morgan fingerprint density at radius 2 is 1.90 bits per heavy atom. The molecular weight excluding hydrogens is 284 g/mol. The number of benzene rings is 2. The lowest BCUT2D eigenvalue weighted by Crippen LogP contribution is -1.90. The van der Waals surface area contributed by atoms with Gasteiger partial charge in [0.05, 0.1) is 5.75 Å². The molecule has 0 aliphatic rings. The van der Waals surface area contributed by atoms with E-state index in [0.29, 0.717) is 17.4 Å². The predicted molar refractivity (Wildman–Crippen MR) is 83.6 cm³/mol. The fourth-order valence-electron chi connectivity index (χ4n) is 2.08. The van der Waals surface area contributed by atoms with Gasteiger partial charge in [0.1, 0.15) is 5.75 Å². The molecule has 0 unspecified atom stereocenters. The summed E-state index contributed by atoms with van der Waals surface area (Å²) in [5, 5.41) is 15.8. The highest BCUT2D eigenvalue weighted by molar-refractivity contribution is 7.98. The third kappa shape index (κ3) is 2.88. The number of phenols is 1. The Bertz CT molecular complexity index is 768. The molecule has 0 aliphatic heterocycles. The summed E-state index contributed by atoms with van der Waals surface area (Å²) in [4.78, 5) is 5.46. The number of hydrogen-bond acceptors (Lipinski definition) is 5. The number of aromatic nitrogens is 2. The van der Waals surface area contributed by atoms with Gasteiger partial charge in [0, 0.05) is 16.2 Å². The largest absolute Gasteiger partial charge is 0.507 e. The van der Waals surface area contributed by atoms with Crippen molar-refractivity contribution in [1.29, 1.82) is 0 Å². The zero-order valence-electron chi connectivity index (χ0n) is 11.9. The molecule has 3 aromatic rings. The molecule has 2 aromatic carbocycles. The molecule has 4 nitrogen and oxygen atoms in total. The Labute approximate surface area is 127 Å². The van der Waals surface area contributed by atoms with E-state index in [0.717, 1.165) is 21.5 Å². The molecule has 0 radical (unpaired) electrons. The van der Waals surface area contributed by atoms with Gasteiger partial charge in [-0.1, -0.05) is 43.3 Å². The molecule has 21 heavy (non-hydrogen) atoms. The second kappa shape index (κ2) is 5.77. The maximum Gasteiger partial charge on any atom is 0.237 e. The van der Waals surface area contributed by atoms with E-state index >= 15 is 0 Å². The van der Waals surface area contributed by atoms with Crippen molar-refractivity contribution in [3.05, 3.63) is 48.1 Å². The zero-order chi connectivity index (χ0) is 14.8. The van der Waals surface area contributed by atoms with Crippen LogP contribution in [-0.2, 0) is 5.75 Å². The average molecular weight is 300 g/mol. The van der Waals surface area contributed by atoms with E-state index in [9.17, 15) is 5.11 Å². The van der Waals surface area contributed by atoms with Crippen molar-refractivity contribution in [2.45, 2.75) is 30.4 Å². The first-order chi connectivity index (χ1) is 10.1. The van der Waals surface area contributed by atoms with Crippen LogP contribution in [-0.4, -0.2) is 15.2 Å². The summed E-state index contributed by atoms with van der Waals surface area (Å²) in [6, 6.07) is 11.4. The highest BCUT2D eigenvalue weighted by Crippen LogP contribution is 2.34. The summed E-state index contributed by atoms with van der Waals surface area (Å²) in [5.41, 5.74) is 0. The van der Waals surface area contributed by atoms with E-state index in [1.165, 1.54) is 0 Å². The molecule has 0 atom stereocenters. The van der Waals surface area contributed by atoms with Crippen LogP contribution in [0, 0.1) is 0 Å². The standard InChI is InChI=1S/C16H16N2O2S/c1-10(2)16-17-15(20-18-16)9-21-14-8-7-13(19)11-5-3-4-6-12(11)14/h3-8,10,19H,9H2,1-2H3. The lowest BCUT2D eigenvalue weighted by molar-refractivity contribution is 0.383. The van der Waals surface area contributed by atoms with Gasteiger partial charge in [-0.05, 0) is 17.5 Å². The topological polar surface area (TPSA) is 59.2 Å². The number of thioether (sulfide) groups is 1. The van der Waals surface area contributed by atoms with Gasteiger partial charge in [-0.2, -0.15) is 4.98 Å². The molecule has 1 N–H and O–H groups in total. The molecule has 0 fully saturated rings. The number of aromatic hydroxyl groups is 1. The molecule has 0 spiro atoms. The maximum absolute atomic E-state index is 9.90. The minimum atomic E-state index is 0.266. The average Bonchev–Trinajstić information content (AvgIpc) is 2.96. The van der Waals surface area contributed by atoms with Gasteiger partial charge in [-0.25, -0.2) is 0 Å². The van der Waals surface area contributed by atoms with Crippen LogP contribution in [0.5, 0.6) is 5.75 Å². The molecule has 108 valence electrons. The van der Waals surface area contributed by atoms with Crippen LogP contribution >= 0.6 is 11.8 Å². The number of phenolic OH excluding ortho intramolecular Hbond substituents is 1. The Balaban J connectivity index is 1.83. The molecular formula is C16H16N2O2S. The van der Waals surface area contributed by atoms with Crippen LogP contribution in [0.2, 0.25) is 0 Å². The summed E-state index contributed by atoms with van der Waals surface area (Å²) >= 11 is 1.63. The molecule has 0 bridgehead atoms. The Morgan fingerprint density at radius 1 is 1.14 bits per heavy atom. The highest BCUT2D eigenvalue weighted by Gasteiger charge is 2.11. The van der Waals surface area contributed by atoms with Crippen LogP contribution < -0.4 is 0 Å². The van der Waals surface area contributed by atoms with Crippen LogP contribution in [0.1, 0.15) is 31.5 Å². The Hall–Kier alpha value is -2.01. The Morgan fingerprint density at radius 3 is 2.62 bits per heavy atom. The number of hydrogen-bond donors (Lipinski definition) is 1. The number of fused-ring (bicyclic) bond motifs is 1. The lowest BCUT2D eigenvalue weighted by atomic mass is 10.1. The number of nitrogens with zero attached hydrogens (tertiary/aromatic N) is 2. The number of rotatable bonds is 4. The summed E-state index contributed by atoms with van der Waals surface area (Å²) in [6.45, 7) is 4.07. The van der Waals surface area contributed by atoms with E-state index < -0.39 is 0 Å². The molecule has 0 saturated heterocycles. The van der Waals surface area contributed by atoms with Gasteiger partial charge < -0.3 is 9.63 Å². The SMILES string of the molecule is CC(C)c1noc(CSc2ccc(O)c3ccccc23)n1. The highest BCUT2D eigenvalue weighted by atomic mass is 32.2. The minimum absolute atomic E-state index is 0.266. The van der Waals surface area contributed by atoms with Gasteiger partial charge in [0.15, 0.2) is 5.82 Å². The lowest BCUT2D eigenvalue weighted by Gasteiger charge is -2.06. The fourth-order valence-corrected chi connectivity index (χ4v) is 2.98. The van der Waals surface area contributed by atoms with Crippen LogP contribution in [0.4, 0.5) is 0 Å². The van der Waals surface area contributed by atoms with Crippen LogP contribution in [0.3, 0.4) is 0 Å². The first-order valence-electron chi connectivity index (χ1n) is 6.81. The molecule has 0 aliphatic carbocycles. The van der Waals surface area contributed by atoms with E-state index in [1.807, 2.05) is 44.2 Å². The third-order valence-electron chi connectivity index (χ3n) is 3.21. The molecule has 3 rings (SSSR count). The Kier molecular flexibility index (Phi) is 3.84. The van der Waals surface area contributed by atoms with Crippen molar-refractivity contribution >= 4 is 22.5 Å². The second-order valence-corrected chi connectivity index (χ2v) is 6.14. The van der Waals surface area contributed by atoms with Gasteiger partial charge in [-0.15, -0.1) is 11.8 Å². The molecule has 0 saturated carbocycles. The van der Waals surface area contributed by atoms with E-state index in [4.69, 9.17) is 4.52 Å². The first-order valence-corrected chi connectivity index (χ1v) is 7.79. The fraction of sp³-hybridized carbons (Fsp3) is 0.250. The van der Waals surface area contributed by atoms with Gasteiger partial charge >= 0.3 is 0 Å². The summed E-state index contributed by atoms with van der Waals surface area (Å²) in [6.07, 6.45) is 0. The van der Waals surface area contributed by atoms with Crippen molar-refractivity contribution in [1.82, 2.24) is 10.1 Å². The van der Waals surface area contributed by atoms with Crippen molar-refractivity contribution in [2.75, 3.05) is 0 Å². The van der Waals surface area contributed by atoms with Gasteiger partial charge in [-0.3, -0.25) is 0 Å².